The van der Waals surface area contributed by atoms with Crippen molar-refractivity contribution in [3.63, 3.8) is 0 Å². The molecule has 33 heavy (non-hydrogen) atoms. The van der Waals surface area contributed by atoms with Crippen molar-refractivity contribution in [1.82, 2.24) is 0 Å². The number of carbonyl (C=O) groups excluding carboxylic acids is 4. The number of rotatable bonds is 7. The molecule has 4 rings (SSSR count). The van der Waals surface area contributed by atoms with E-state index >= 15 is 0 Å². The zero-order valence-electron chi connectivity index (χ0n) is 17.6. The first kappa shape index (κ1) is 22.8. The molecule has 1 aliphatic rings. The van der Waals surface area contributed by atoms with Crippen molar-refractivity contribution in [3.8, 4) is 0 Å². The third-order valence-electron chi connectivity index (χ3n) is 4.88. The largest absolute Gasteiger partial charge is 0.462 e. The molecule has 1 N–H and O–H groups in total. The summed E-state index contributed by atoms with van der Waals surface area (Å²) >= 11 is 2.67. The molecule has 9 heteroatoms. The van der Waals surface area contributed by atoms with Crippen molar-refractivity contribution < 1.29 is 23.9 Å². The number of nitrogens with zero attached hydrogens (tertiary/aromatic N) is 1. The Morgan fingerprint density at radius 3 is 2.45 bits per heavy atom. The summed E-state index contributed by atoms with van der Waals surface area (Å²) in [6, 6.07) is 16.9. The van der Waals surface area contributed by atoms with E-state index in [-0.39, 0.29) is 30.7 Å². The molecule has 0 radical (unpaired) electrons. The molecule has 0 spiro atoms. The monoisotopic (exact) mass is 480 g/mol. The molecular formula is C24H20N2O5S2. The van der Waals surface area contributed by atoms with Crippen molar-refractivity contribution in [1.29, 1.82) is 0 Å². The lowest BCUT2D eigenvalue weighted by atomic mass is 10.2. The summed E-state index contributed by atoms with van der Waals surface area (Å²) in [6.07, 6.45) is 0.0833. The minimum Gasteiger partial charge on any atom is -0.462 e. The SMILES string of the molecule is CCOC(=O)c1ccc(N2C(=O)CC(Sc3ccc(NC(=O)c4cccs4)cc3)C2=O)cc1. The standard InChI is InChI=1S/C24H20N2O5S2/c1-2-31-24(30)15-5-9-17(10-6-15)26-21(27)14-20(23(26)29)33-18-11-7-16(8-12-18)25-22(28)19-4-3-13-32-19/h3-13,20H,2,14H2,1H3,(H,25,28). The number of hydrogen-bond acceptors (Lipinski definition) is 7. The molecular weight excluding hydrogens is 460 g/mol. The van der Waals surface area contributed by atoms with Crippen LogP contribution in [-0.4, -0.2) is 35.5 Å². The zero-order valence-corrected chi connectivity index (χ0v) is 19.3. The van der Waals surface area contributed by atoms with Crippen LogP contribution in [-0.2, 0) is 14.3 Å². The number of benzene rings is 2. The maximum absolute atomic E-state index is 12.9. The van der Waals surface area contributed by atoms with Gasteiger partial charge in [-0.15, -0.1) is 23.1 Å². The summed E-state index contributed by atoms with van der Waals surface area (Å²) in [7, 11) is 0. The second-order valence-electron chi connectivity index (χ2n) is 7.10. The Hall–Kier alpha value is -3.43. The van der Waals surface area contributed by atoms with Crippen LogP contribution < -0.4 is 10.2 Å². The van der Waals surface area contributed by atoms with Crippen LogP contribution in [0.2, 0.25) is 0 Å². The Balaban J connectivity index is 1.39. The molecule has 1 aromatic heterocycles. The van der Waals surface area contributed by atoms with E-state index in [1.165, 1.54) is 35.2 Å². The van der Waals surface area contributed by atoms with E-state index in [2.05, 4.69) is 5.32 Å². The van der Waals surface area contributed by atoms with E-state index in [9.17, 15) is 19.2 Å². The van der Waals surface area contributed by atoms with Crippen molar-refractivity contribution >= 4 is 58.2 Å². The summed E-state index contributed by atoms with van der Waals surface area (Å²) in [4.78, 5) is 52.0. The van der Waals surface area contributed by atoms with Crippen molar-refractivity contribution in [2.75, 3.05) is 16.8 Å². The van der Waals surface area contributed by atoms with E-state index in [4.69, 9.17) is 4.74 Å². The molecule has 0 saturated carbocycles. The topological polar surface area (TPSA) is 92.8 Å². The molecule has 0 bridgehead atoms. The van der Waals surface area contributed by atoms with Gasteiger partial charge in [-0.25, -0.2) is 9.69 Å². The van der Waals surface area contributed by atoms with E-state index < -0.39 is 11.2 Å². The predicted octanol–water partition coefficient (Wildman–Crippen LogP) is 4.60. The van der Waals surface area contributed by atoms with Crippen LogP contribution in [0.15, 0.2) is 70.9 Å². The number of hydrogen-bond donors (Lipinski definition) is 1. The fourth-order valence-electron chi connectivity index (χ4n) is 3.31. The molecule has 168 valence electrons. The lowest BCUT2D eigenvalue weighted by Gasteiger charge is -2.15. The average Bonchev–Trinajstić information content (AvgIpc) is 3.44. The van der Waals surface area contributed by atoms with Crippen LogP contribution in [0, 0.1) is 0 Å². The second-order valence-corrected chi connectivity index (χ2v) is 9.32. The molecule has 3 amide bonds. The zero-order chi connectivity index (χ0) is 23.4. The fraction of sp³-hybridized carbons (Fsp3) is 0.167. The molecule has 1 unspecified atom stereocenters. The van der Waals surface area contributed by atoms with Gasteiger partial charge in [0.15, 0.2) is 0 Å². The summed E-state index contributed by atoms with van der Waals surface area (Å²) < 4.78 is 4.95. The smallest absolute Gasteiger partial charge is 0.338 e. The first-order valence-corrected chi connectivity index (χ1v) is 12.0. The Labute approximate surface area is 198 Å². The van der Waals surface area contributed by atoms with Gasteiger partial charge in [-0.3, -0.25) is 14.4 Å². The van der Waals surface area contributed by atoms with Gasteiger partial charge in [-0.2, -0.15) is 0 Å². The Kier molecular flexibility index (Phi) is 6.90. The number of thioether (sulfide) groups is 1. The highest BCUT2D eigenvalue weighted by Crippen LogP contribution is 2.34. The van der Waals surface area contributed by atoms with Gasteiger partial charge in [0.05, 0.1) is 28.0 Å². The van der Waals surface area contributed by atoms with Crippen molar-refractivity contribution in [2.24, 2.45) is 0 Å². The summed E-state index contributed by atoms with van der Waals surface area (Å²) in [5, 5.41) is 4.12. The molecule has 1 atom stereocenters. The summed E-state index contributed by atoms with van der Waals surface area (Å²) in [5.74, 6) is -1.22. The van der Waals surface area contributed by atoms with Crippen LogP contribution in [0.5, 0.6) is 0 Å². The van der Waals surface area contributed by atoms with E-state index in [0.29, 0.717) is 21.8 Å². The van der Waals surface area contributed by atoms with Crippen LogP contribution in [0.4, 0.5) is 11.4 Å². The third kappa shape index (κ3) is 5.15. The van der Waals surface area contributed by atoms with Crippen molar-refractivity contribution in [2.45, 2.75) is 23.5 Å². The number of nitrogens with one attached hydrogen (secondary N) is 1. The molecule has 2 heterocycles. The molecule has 1 fully saturated rings. The number of thiophene rings is 1. The number of ether oxygens (including phenoxy) is 1. The van der Waals surface area contributed by atoms with Gasteiger partial charge in [0.2, 0.25) is 11.8 Å². The number of esters is 1. The van der Waals surface area contributed by atoms with Gasteiger partial charge >= 0.3 is 5.97 Å². The predicted molar refractivity (Wildman–Crippen MR) is 128 cm³/mol. The number of anilines is 2. The van der Waals surface area contributed by atoms with Gasteiger partial charge in [0.25, 0.3) is 5.91 Å². The maximum atomic E-state index is 12.9. The quantitative estimate of drug-likeness (QED) is 0.392. The Morgan fingerprint density at radius 2 is 1.82 bits per heavy atom. The van der Waals surface area contributed by atoms with Crippen LogP contribution in [0.3, 0.4) is 0 Å². The number of imide groups is 1. The van der Waals surface area contributed by atoms with E-state index in [1.807, 2.05) is 23.6 Å². The van der Waals surface area contributed by atoms with Gasteiger partial charge in [-0.05, 0) is 66.9 Å². The lowest BCUT2D eigenvalue weighted by molar-refractivity contribution is -0.121. The van der Waals surface area contributed by atoms with Crippen LogP contribution in [0.1, 0.15) is 33.4 Å². The Morgan fingerprint density at radius 1 is 1.09 bits per heavy atom. The highest BCUT2D eigenvalue weighted by Gasteiger charge is 2.40. The fourth-order valence-corrected chi connectivity index (χ4v) is 4.98. The highest BCUT2D eigenvalue weighted by atomic mass is 32.2. The average molecular weight is 481 g/mol. The summed E-state index contributed by atoms with van der Waals surface area (Å²) in [5.41, 5.74) is 1.43. The number of carbonyl (C=O) groups is 4. The molecule has 1 aliphatic heterocycles. The van der Waals surface area contributed by atoms with Crippen molar-refractivity contribution in [3.05, 3.63) is 76.5 Å². The van der Waals surface area contributed by atoms with Gasteiger partial charge in [0, 0.05) is 17.0 Å². The lowest BCUT2D eigenvalue weighted by Crippen LogP contribution is -2.31. The minimum atomic E-state index is -0.547. The van der Waals surface area contributed by atoms with Crippen LogP contribution in [0.25, 0.3) is 0 Å². The first-order valence-electron chi connectivity index (χ1n) is 10.2. The second kappa shape index (κ2) is 10.0. The van der Waals surface area contributed by atoms with E-state index in [0.717, 1.165) is 9.80 Å². The van der Waals surface area contributed by atoms with Gasteiger partial charge < -0.3 is 10.1 Å². The molecule has 2 aromatic carbocycles. The Bertz CT molecular complexity index is 1170. The number of amides is 3. The molecule has 0 aliphatic carbocycles. The normalized spacial score (nSPS) is 15.5. The minimum absolute atomic E-state index is 0.0833. The third-order valence-corrected chi connectivity index (χ3v) is 6.94. The molecule has 7 nitrogen and oxygen atoms in total. The van der Waals surface area contributed by atoms with Gasteiger partial charge in [-0.1, -0.05) is 6.07 Å². The molecule has 1 saturated heterocycles. The highest BCUT2D eigenvalue weighted by molar-refractivity contribution is 8.00. The maximum Gasteiger partial charge on any atom is 0.338 e. The van der Waals surface area contributed by atoms with Gasteiger partial charge in [0.1, 0.15) is 0 Å². The van der Waals surface area contributed by atoms with Crippen LogP contribution >= 0.6 is 23.1 Å². The first-order chi connectivity index (χ1) is 16.0. The molecule has 3 aromatic rings. The summed E-state index contributed by atoms with van der Waals surface area (Å²) in [6.45, 7) is 1.99. The van der Waals surface area contributed by atoms with E-state index in [1.54, 1.807) is 37.3 Å².